The topological polar surface area (TPSA) is 43.8 Å². The molecule has 1 fully saturated rings. The third-order valence-corrected chi connectivity index (χ3v) is 3.52. The van der Waals surface area contributed by atoms with Crippen LogP contribution in [0.5, 0.6) is 0 Å². The van der Waals surface area contributed by atoms with Gasteiger partial charge in [-0.3, -0.25) is 9.69 Å². The molecular weight excluding hydrogens is 321 g/mol. The number of nitrogens with zero attached hydrogens (tertiary/aromatic N) is 2. The van der Waals surface area contributed by atoms with Crippen molar-refractivity contribution in [3.8, 4) is 0 Å². The van der Waals surface area contributed by atoms with Crippen LogP contribution in [0.1, 0.15) is 11.1 Å². The number of alkyl halides is 3. The van der Waals surface area contributed by atoms with Crippen molar-refractivity contribution in [1.82, 2.24) is 9.80 Å². The summed E-state index contributed by atoms with van der Waals surface area (Å²) < 4.78 is 37.5. The van der Waals surface area contributed by atoms with E-state index in [9.17, 15) is 18.0 Å². The van der Waals surface area contributed by atoms with Gasteiger partial charge in [0.2, 0.25) is 0 Å². The highest BCUT2D eigenvalue weighted by atomic mass is 35.5. The molecule has 0 bridgehead atoms. The molecule has 0 amide bonds. The predicted molar refractivity (Wildman–Crippen MR) is 77.9 cm³/mol. The molecule has 8 heteroatoms. The molecule has 1 aromatic rings. The van der Waals surface area contributed by atoms with Gasteiger partial charge in [-0.2, -0.15) is 13.2 Å². The summed E-state index contributed by atoms with van der Waals surface area (Å²) >= 11 is 0. The molecule has 0 aliphatic carbocycles. The van der Waals surface area contributed by atoms with Gasteiger partial charge in [0.25, 0.3) is 0 Å². The molecule has 4 nitrogen and oxygen atoms in total. The fraction of sp³-hybridized carbons (Fsp3) is 0.500. The lowest BCUT2D eigenvalue weighted by atomic mass is 10.1. The fourth-order valence-electron chi connectivity index (χ4n) is 2.35. The molecule has 1 aromatic carbocycles. The van der Waals surface area contributed by atoms with Crippen molar-refractivity contribution >= 4 is 18.4 Å². The maximum absolute atomic E-state index is 12.5. The second-order valence-electron chi connectivity index (χ2n) is 5.12. The van der Waals surface area contributed by atoms with Gasteiger partial charge in [-0.1, -0.05) is 24.3 Å². The summed E-state index contributed by atoms with van der Waals surface area (Å²) in [4.78, 5) is 13.1. The average molecular weight is 339 g/mol. The van der Waals surface area contributed by atoms with Crippen LogP contribution in [-0.4, -0.2) is 53.4 Å². The summed E-state index contributed by atoms with van der Waals surface area (Å²) in [6, 6.07) is 7.15. The minimum absolute atomic E-state index is 0. The highest BCUT2D eigenvalue weighted by molar-refractivity contribution is 5.85. The van der Waals surface area contributed by atoms with Gasteiger partial charge in [0.15, 0.2) is 0 Å². The van der Waals surface area contributed by atoms with Crippen LogP contribution < -0.4 is 0 Å². The number of hydrogen-bond donors (Lipinski definition) is 1. The van der Waals surface area contributed by atoms with Gasteiger partial charge in [0, 0.05) is 32.7 Å². The lowest BCUT2D eigenvalue weighted by Gasteiger charge is -2.35. The Morgan fingerprint density at radius 3 is 2.00 bits per heavy atom. The van der Waals surface area contributed by atoms with Crippen molar-refractivity contribution in [3.05, 3.63) is 35.4 Å². The Balaban J connectivity index is 0.00000242. The number of halogens is 4. The smallest absolute Gasteiger partial charge is 0.460 e. The van der Waals surface area contributed by atoms with Crippen molar-refractivity contribution in [2.45, 2.75) is 19.3 Å². The largest absolute Gasteiger partial charge is 0.481 e. The number of aliphatic carboxylic acids is 1. The number of benzene rings is 1. The van der Waals surface area contributed by atoms with E-state index in [1.807, 2.05) is 17.0 Å². The highest BCUT2D eigenvalue weighted by Gasteiger charge is 2.38. The number of piperazine rings is 1. The molecule has 1 heterocycles. The minimum atomic E-state index is -4.25. The normalized spacial score (nSPS) is 17.0. The Morgan fingerprint density at radius 2 is 1.55 bits per heavy atom. The van der Waals surface area contributed by atoms with Crippen molar-refractivity contribution < 1.29 is 23.1 Å². The van der Waals surface area contributed by atoms with Gasteiger partial charge < -0.3 is 5.11 Å². The van der Waals surface area contributed by atoms with Gasteiger partial charge in [-0.05, 0) is 11.1 Å². The van der Waals surface area contributed by atoms with Crippen LogP contribution in [0.15, 0.2) is 24.3 Å². The first kappa shape index (κ1) is 18.7. The van der Waals surface area contributed by atoms with Crippen LogP contribution >= 0.6 is 12.4 Å². The van der Waals surface area contributed by atoms with E-state index >= 15 is 0 Å². The van der Waals surface area contributed by atoms with E-state index in [1.165, 1.54) is 0 Å². The molecule has 1 aliphatic heterocycles. The fourth-order valence-corrected chi connectivity index (χ4v) is 2.35. The van der Waals surface area contributed by atoms with Crippen molar-refractivity contribution in [2.24, 2.45) is 0 Å². The van der Waals surface area contributed by atoms with E-state index in [0.717, 1.165) is 5.56 Å². The molecule has 0 spiro atoms. The Kier molecular flexibility index (Phi) is 6.65. The standard InChI is InChI=1S/C14H17F3N2O2.ClH/c15-14(16,17)19-7-5-18(6-8-19)10-12-3-1-11(2-4-12)9-13(20)21;/h1-4H,5-10H2,(H,20,21);1H. The Bertz CT molecular complexity index is 486. The average Bonchev–Trinajstić information content (AvgIpc) is 2.40. The molecule has 22 heavy (non-hydrogen) atoms. The Hall–Kier alpha value is -1.31. The van der Waals surface area contributed by atoms with Crippen molar-refractivity contribution in [3.63, 3.8) is 0 Å². The summed E-state index contributed by atoms with van der Waals surface area (Å²) in [5.41, 5.74) is 1.69. The summed E-state index contributed by atoms with van der Waals surface area (Å²) in [5, 5.41) is 8.68. The molecular formula is C14H18ClF3N2O2. The molecule has 0 radical (unpaired) electrons. The van der Waals surface area contributed by atoms with Crippen LogP contribution in [0.3, 0.4) is 0 Å². The van der Waals surface area contributed by atoms with Gasteiger partial charge >= 0.3 is 12.3 Å². The Labute approximate surface area is 132 Å². The van der Waals surface area contributed by atoms with Crippen LogP contribution in [0.2, 0.25) is 0 Å². The molecule has 124 valence electrons. The molecule has 1 saturated heterocycles. The first-order chi connectivity index (χ1) is 9.84. The van der Waals surface area contributed by atoms with Gasteiger partial charge in [0.05, 0.1) is 6.42 Å². The summed E-state index contributed by atoms with van der Waals surface area (Å²) in [5.74, 6) is -0.883. The summed E-state index contributed by atoms with van der Waals surface area (Å²) in [7, 11) is 0. The van der Waals surface area contributed by atoms with Gasteiger partial charge in [0.1, 0.15) is 0 Å². The van der Waals surface area contributed by atoms with Crippen LogP contribution in [-0.2, 0) is 17.8 Å². The SMILES string of the molecule is Cl.O=C(O)Cc1ccc(CN2CCN(C(F)(F)F)CC2)cc1. The lowest BCUT2D eigenvalue weighted by Crippen LogP contribution is -2.51. The minimum Gasteiger partial charge on any atom is -0.481 e. The highest BCUT2D eigenvalue weighted by Crippen LogP contribution is 2.22. The zero-order chi connectivity index (χ0) is 15.5. The van der Waals surface area contributed by atoms with Crippen LogP contribution in [0.25, 0.3) is 0 Å². The molecule has 0 atom stereocenters. The van der Waals surface area contributed by atoms with Crippen LogP contribution in [0.4, 0.5) is 13.2 Å². The maximum Gasteiger partial charge on any atom is 0.460 e. The van der Waals surface area contributed by atoms with E-state index in [4.69, 9.17) is 5.11 Å². The van der Waals surface area contributed by atoms with Crippen molar-refractivity contribution in [2.75, 3.05) is 26.2 Å². The van der Waals surface area contributed by atoms with E-state index in [0.29, 0.717) is 30.1 Å². The summed E-state index contributed by atoms with van der Waals surface area (Å²) in [6.07, 6.45) is -4.27. The monoisotopic (exact) mass is 338 g/mol. The molecule has 0 aromatic heterocycles. The lowest BCUT2D eigenvalue weighted by molar-refractivity contribution is -0.252. The maximum atomic E-state index is 12.5. The second-order valence-corrected chi connectivity index (χ2v) is 5.12. The van der Waals surface area contributed by atoms with E-state index in [1.54, 1.807) is 12.1 Å². The van der Waals surface area contributed by atoms with Crippen molar-refractivity contribution in [1.29, 1.82) is 0 Å². The Morgan fingerprint density at radius 1 is 1.05 bits per heavy atom. The molecule has 1 N–H and O–H groups in total. The van der Waals surface area contributed by atoms with E-state index in [2.05, 4.69) is 0 Å². The number of hydrogen-bond acceptors (Lipinski definition) is 3. The van der Waals surface area contributed by atoms with Crippen LogP contribution in [0, 0.1) is 0 Å². The van der Waals surface area contributed by atoms with E-state index < -0.39 is 12.3 Å². The number of carboxylic acid groups (broad SMARTS) is 1. The quantitative estimate of drug-likeness (QED) is 0.856. The predicted octanol–water partition coefficient (Wildman–Crippen LogP) is 2.37. The molecule has 1 aliphatic rings. The summed E-state index contributed by atoms with van der Waals surface area (Å²) in [6.45, 7) is 1.30. The first-order valence-electron chi connectivity index (χ1n) is 6.68. The molecule has 0 saturated carbocycles. The van der Waals surface area contributed by atoms with Gasteiger partial charge in [-0.25, -0.2) is 4.90 Å². The van der Waals surface area contributed by atoms with Gasteiger partial charge in [-0.15, -0.1) is 12.4 Å². The molecule has 0 unspecified atom stereocenters. The second kappa shape index (κ2) is 7.80. The number of carbonyl (C=O) groups is 1. The number of carboxylic acids is 1. The third kappa shape index (κ3) is 5.47. The molecule has 2 rings (SSSR count). The van der Waals surface area contributed by atoms with E-state index in [-0.39, 0.29) is 31.9 Å². The zero-order valence-electron chi connectivity index (χ0n) is 11.8. The zero-order valence-corrected chi connectivity index (χ0v) is 12.7. The first-order valence-corrected chi connectivity index (χ1v) is 6.68. The third-order valence-electron chi connectivity index (χ3n) is 3.52. The number of rotatable bonds is 4.